The molecule has 2 aromatic heterocycles. The van der Waals surface area contributed by atoms with Crippen molar-refractivity contribution in [3.63, 3.8) is 0 Å². The van der Waals surface area contributed by atoms with Gasteiger partial charge in [-0.25, -0.2) is 4.98 Å². The molecule has 0 bridgehead atoms. The highest BCUT2D eigenvalue weighted by molar-refractivity contribution is 5.98. The highest BCUT2D eigenvalue weighted by Crippen LogP contribution is 2.25. The van der Waals surface area contributed by atoms with Crippen molar-refractivity contribution >= 4 is 17.5 Å². The first-order chi connectivity index (χ1) is 16.0. The van der Waals surface area contributed by atoms with Gasteiger partial charge in [0.15, 0.2) is 5.78 Å². The van der Waals surface area contributed by atoms with Crippen LogP contribution >= 0.6 is 0 Å². The van der Waals surface area contributed by atoms with Crippen molar-refractivity contribution in [1.82, 2.24) is 24.9 Å². The summed E-state index contributed by atoms with van der Waals surface area (Å²) in [5.41, 5.74) is 3.99. The average Bonchev–Trinajstić information content (AvgIpc) is 3.28. The van der Waals surface area contributed by atoms with Crippen molar-refractivity contribution in [2.45, 2.75) is 45.6 Å². The normalized spacial score (nSPS) is 18.7. The maximum absolute atomic E-state index is 13.7. The summed E-state index contributed by atoms with van der Waals surface area (Å²) >= 11 is 0. The van der Waals surface area contributed by atoms with E-state index < -0.39 is 0 Å². The molecule has 1 aromatic carbocycles. The quantitative estimate of drug-likeness (QED) is 0.617. The van der Waals surface area contributed by atoms with E-state index in [1.165, 1.54) is 4.80 Å². The van der Waals surface area contributed by atoms with Crippen molar-refractivity contribution in [3.05, 3.63) is 65.1 Å². The van der Waals surface area contributed by atoms with Gasteiger partial charge in [0.05, 0.1) is 29.3 Å². The van der Waals surface area contributed by atoms with Gasteiger partial charge in [0.1, 0.15) is 5.82 Å². The predicted octanol–water partition coefficient (Wildman–Crippen LogP) is 3.23. The number of pyridine rings is 1. The van der Waals surface area contributed by atoms with Gasteiger partial charge in [-0.05, 0) is 57.4 Å². The minimum absolute atomic E-state index is 0.00986. The van der Waals surface area contributed by atoms with E-state index in [0.29, 0.717) is 30.8 Å². The summed E-state index contributed by atoms with van der Waals surface area (Å²) in [7, 11) is 0. The van der Waals surface area contributed by atoms with E-state index in [1.54, 1.807) is 12.4 Å². The molecule has 0 saturated carbocycles. The summed E-state index contributed by atoms with van der Waals surface area (Å²) in [5.74, 6) is 1.07. The number of benzene rings is 1. The van der Waals surface area contributed by atoms with Crippen molar-refractivity contribution in [2.24, 2.45) is 0 Å². The molecule has 2 aliphatic rings. The van der Waals surface area contributed by atoms with Crippen LogP contribution in [-0.2, 0) is 6.42 Å². The van der Waals surface area contributed by atoms with E-state index in [4.69, 9.17) is 4.98 Å². The van der Waals surface area contributed by atoms with Crippen LogP contribution in [0.5, 0.6) is 0 Å². The minimum Gasteiger partial charge on any atom is -0.355 e. The number of nitrogens with zero attached hydrogens (tertiary/aromatic N) is 6. The maximum atomic E-state index is 13.7. The molecule has 170 valence electrons. The summed E-state index contributed by atoms with van der Waals surface area (Å²) < 4.78 is 0. The highest BCUT2D eigenvalue weighted by atomic mass is 16.2. The Morgan fingerprint density at radius 3 is 2.67 bits per heavy atom. The third-order valence-electron chi connectivity index (χ3n) is 6.64. The third-order valence-corrected chi connectivity index (χ3v) is 6.64. The van der Waals surface area contributed by atoms with E-state index in [2.05, 4.69) is 22.0 Å². The number of hydrogen-bond donors (Lipinski definition) is 0. The lowest BCUT2D eigenvalue weighted by Crippen LogP contribution is -2.40. The molecule has 8 nitrogen and oxygen atoms in total. The van der Waals surface area contributed by atoms with Gasteiger partial charge in [0, 0.05) is 37.7 Å². The molecule has 0 unspecified atom stereocenters. The van der Waals surface area contributed by atoms with E-state index in [9.17, 15) is 9.59 Å². The highest BCUT2D eigenvalue weighted by Gasteiger charge is 2.29. The molecule has 0 spiro atoms. The Morgan fingerprint density at radius 2 is 1.85 bits per heavy atom. The van der Waals surface area contributed by atoms with Crippen molar-refractivity contribution in [2.75, 3.05) is 24.5 Å². The molecule has 1 saturated heterocycles. The van der Waals surface area contributed by atoms with Crippen molar-refractivity contribution < 1.29 is 9.59 Å². The molecule has 8 heteroatoms. The van der Waals surface area contributed by atoms with Crippen LogP contribution in [0.15, 0.2) is 42.7 Å². The Hall–Kier alpha value is -3.55. The van der Waals surface area contributed by atoms with E-state index in [1.807, 2.05) is 42.2 Å². The third kappa shape index (κ3) is 4.13. The molecule has 0 N–H and O–H groups in total. The number of anilines is 1. The molecule has 1 aliphatic carbocycles. The summed E-state index contributed by atoms with van der Waals surface area (Å²) in [6.07, 6.45) is 6.39. The predicted molar refractivity (Wildman–Crippen MR) is 125 cm³/mol. The standard InChI is InChI=1S/C25H28N6O2/c1-17-6-8-22(31-26-11-12-27-31)20(16-17)25(33)30-15-14-29(13-10-18(30)2)24-9-7-19-21(28-24)4-3-5-23(19)32/h6-9,11-12,16,18H,3-5,10,13-15H2,1-2H3/t18-/m0/s1. The summed E-state index contributed by atoms with van der Waals surface area (Å²) in [6.45, 7) is 6.18. The Balaban J connectivity index is 1.38. The van der Waals surface area contributed by atoms with Crippen LogP contribution < -0.4 is 4.90 Å². The largest absolute Gasteiger partial charge is 0.355 e. The first kappa shape index (κ1) is 21.3. The molecule has 33 heavy (non-hydrogen) atoms. The van der Waals surface area contributed by atoms with Crippen LogP contribution in [0.25, 0.3) is 5.69 Å². The number of carbonyl (C=O) groups is 2. The van der Waals surface area contributed by atoms with Crippen molar-refractivity contribution in [1.29, 1.82) is 0 Å². The van der Waals surface area contributed by atoms with Gasteiger partial charge in [-0.3, -0.25) is 9.59 Å². The topological polar surface area (TPSA) is 84.2 Å². The first-order valence-electron chi connectivity index (χ1n) is 11.6. The summed E-state index contributed by atoms with van der Waals surface area (Å²) in [4.78, 5) is 36.3. The fraction of sp³-hybridized carbons (Fsp3) is 0.400. The summed E-state index contributed by atoms with van der Waals surface area (Å²) in [5, 5.41) is 8.46. The number of fused-ring (bicyclic) bond motifs is 1. The molecular weight excluding hydrogens is 416 g/mol. The number of ketones is 1. The zero-order valence-electron chi connectivity index (χ0n) is 19.1. The molecular formula is C25H28N6O2. The van der Waals surface area contributed by atoms with Crippen LogP contribution in [-0.4, -0.2) is 62.2 Å². The van der Waals surface area contributed by atoms with Gasteiger partial charge in [-0.2, -0.15) is 15.0 Å². The minimum atomic E-state index is -0.00986. The van der Waals surface area contributed by atoms with Crippen LogP contribution in [0.2, 0.25) is 0 Å². The molecule has 1 fully saturated rings. The van der Waals surface area contributed by atoms with E-state index in [-0.39, 0.29) is 17.7 Å². The first-order valence-corrected chi connectivity index (χ1v) is 11.6. The molecule has 1 aliphatic heterocycles. The number of carbonyl (C=O) groups excluding carboxylic acids is 2. The zero-order valence-corrected chi connectivity index (χ0v) is 19.1. The average molecular weight is 445 g/mol. The van der Waals surface area contributed by atoms with Gasteiger partial charge in [-0.15, -0.1) is 0 Å². The van der Waals surface area contributed by atoms with Crippen molar-refractivity contribution in [3.8, 4) is 5.69 Å². The smallest absolute Gasteiger partial charge is 0.256 e. The second-order valence-electron chi connectivity index (χ2n) is 8.90. The lowest BCUT2D eigenvalue weighted by Gasteiger charge is -2.28. The number of aryl methyl sites for hydroxylation is 2. The molecule has 5 rings (SSSR count). The maximum Gasteiger partial charge on any atom is 0.256 e. The number of hydrogen-bond acceptors (Lipinski definition) is 6. The monoisotopic (exact) mass is 444 g/mol. The van der Waals surface area contributed by atoms with Gasteiger partial charge >= 0.3 is 0 Å². The Kier molecular flexibility index (Phi) is 5.66. The summed E-state index contributed by atoms with van der Waals surface area (Å²) in [6, 6.07) is 9.74. The zero-order chi connectivity index (χ0) is 22.9. The van der Waals surface area contributed by atoms with Gasteiger partial charge in [0.2, 0.25) is 0 Å². The SMILES string of the molecule is Cc1ccc(-n2nccn2)c(C(=O)N2CCN(c3ccc4c(n3)CCCC4=O)CC[C@@H]2C)c1. The molecule has 3 aromatic rings. The van der Waals surface area contributed by atoms with Crippen LogP contribution in [0.3, 0.4) is 0 Å². The van der Waals surface area contributed by atoms with Crippen LogP contribution in [0.4, 0.5) is 5.82 Å². The lowest BCUT2D eigenvalue weighted by atomic mass is 9.95. The second-order valence-corrected chi connectivity index (χ2v) is 8.90. The molecule has 0 radical (unpaired) electrons. The number of Topliss-reactive ketones (excluding diaryl/α,β-unsaturated/α-hetero) is 1. The van der Waals surface area contributed by atoms with E-state index in [0.717, 1.165) is 48.4 Å². The molecule has 3 heterocycles. The Labute approximate surface area is 193 Å². The van der Waals surface area contributed by atoms with E-state index >= 15 is 0 Å². The molecule has 1 atom stereocenters. The number of aromatic nitrogens is 4. The number of amides is 1. The number of rotatable bonds is 3. The fourth-order valence-corrected chi connectivity index (χ4v) is 4.74. The molecule has 1 amide bonds. The van der Waals surface area contributed by atoms with Crippen LogP contribution in [0, 0.1) is 6.92 Å². The van der Waals surface area contributed by atoms with Gasteiger partial charge in [-0.1, -0.05) is 11.6 Å². The van der Waals surface area contributed by atoms with Gasteiger partial charge in [0.25, 0.3) is 5.91 Å². The Bertz CT molecular complexity index is 1190. The lowest BCUT2D eigenvalue weighted by molar-refractivity contribution is 0.0704. The fourth-order valence-electron chi connectivity index (χ4n) is 4.74. The Morgan fingerprint density at radius 1 is 1.03 bits per heavy atom. The second kappa shape index (κ2) is 8.77. The van der Waals surface area contributed by atoms with Crippen LogP contribution in [0.1, 0.15) is 58.2 Å². The van der Waals surface area contributed by atoms with Gasteiger partial charge < -0.3 is 9.80 Å².